The molecule has 0 heterocycles. The van der Waals surface area contributed by atoms with Gasteiger partial charge in [-0.2, -0.15) is 0 Å². The summed E-state index contributed by atoms with van der Waals surface area (Å²) in [7, 11) is 0. The summed E-state index contributed by atoms with van der Waals surface area (Å²) in [6.07, 6.45) is 2.20. The Hall–Kier alpha value is -2.02. The van der Waals surface area contributed by atoms with Gasteiger partial charge in [0, 0.05) is 0 Å². The number of hydrogen-bond donors (Lipinski definition) is 0. The van der Waals surface area contributed by atoms with Crippen molar-refractivity contribution in [2.24, 2.45) is 0 Å². The van der Waals surface area contributed by atoms with Gasteiger partial charge in [0.1, 0.15) is 0 Å². The highest BCUT2D eigenvalue weighted by atomic mass is 14.3. The second-order valence-corrected chi connectivity index (χ2v) is 5.05. The molecule has 1 aliphatic rings. The van der Waals surface area contributed by atoms with Crippen LogP contribution in [-0.2, 0) is 0 Å². The summed E-state index contributed by atoms with van der Waals surface area (Å²) >= 11 is 0. The second-order valence-electron chi connectivity index (χ2n) is 5.05. The average molecular weight is 244 g/mol. The van der Waals surface area contributed by atoms with E-state index in [4.69, 9.17) is 0 Å². The molecule has 1 aliphatic carbocycles. The first kappa shape index (κ1) is 12.0. The molecule has 0 radical (unpaired) electrons. The van der Waals surface area contributed by atoms with E-state index in [1.54, 1.807) is 0 Å². The van der Waals surface area contributed by atoms with Crippen LogP contribution in [0.5, 0.6) is 0 Å². The van der Waals surface area contributed by atoms with E-state index in [1.165, 1.54) is 22.1 Å². The molecule has 1 heteroatoms. The Labute approximate surface area is 115 Å². The quantitative estimate of drug-likeness (QED) is 0.727. The van der Waals surface area contributed by atoms with E-state index in [0.717, 1.165) is 0 Å². The summed E-state index contributed by atoms with van der Waals surface area (Å²) < 4.78 is 0. The summed E-state index contributed by atoms with van der Waals surface area (Å²) in [4.78, 5) is 0. The Morgan fingerprint density at radius 2 is 1.37 bits per heavy atom. The van der Waals surface area contributed by atoms with Gasteiger partial charge >= 0.3 is 0 Å². The number of rotatable bonds is 3. The van der Waals surface area contributed by atoms with Crippen molar-refractivity contribution < 1.29 is 0 Å². The molecule has 1 unspecified atom stereocenters. The van der Waals surface area contributed by atoms with E-state index in [-0.39, 0.29) is 0 Å². The molecule has 0 amide bonds. The zero-order valence-corrected chi connectivity index (χ0v) is 11.2. The van der Waals surface area contributed by atoms with Gasteiger partial charge in [0.15, 0.2) is 0 Å². The Morgan fingerprint density at radius 1 is 0.895 bits per heavy atom. The van der Waals surface area contributed by atoms with Gasteiger partial charge in [0.05, 0.1) is 0 Å². The predicted octanol–water partition coefficient (Wildman–Crippen LogP) is 3.18. The van der Waals surface area contributed by atoms with E-state index in [9.17, 15) is 0 Å². The Balaban J connectivity index is 2.06. The fourth-order valence-corrected chi connectivity index (χ4v) is 2.95. The maximum Gasteiger partial charge on any atom is 0.221 e. The average Bonchev–Trinajstić information content (AvgIpc) is 3.11. The molecule has 0 aromatic heterocycles. The van der Waals surface area contributed by atoms with Crippen molar-refractivity contribution in [3.63, 3.8) is 0 Å². The largest absolute Gasteiger partial charge is 0.221 e. The third kappa shape index (κ3) is 2.17. The van der Waals surface area contributed by atoms with Crippen LogP contribution >= 0.6 is 0 Å². The van der Waals surface area contributed by atoms with E-state index >= 15 is 0 Å². The SMILES string of the molecule is C=C1/C(=C/C)C1B(c1ccccc1)c1ccccc1. The highest BCUT2D eigenvalue weighted by Crippen LogP contribution is 2.51. The Morgan fingerprint density at radius 3 is 1.74 bits per heavy atom. The predicted molar refractivity (Wildman–Crippen MR) is 84.6 cm³/mol. The van der Waals surface area contributed by atoms with Crippen molar-refractivity contribution in [1.82, 2.24) is 0 Å². The van der Waals surface area contributed by atoms with Gasteiger partial charge in [-0.1, -0.05) is 89.8 Å². The van der Waals surface area contributed by atoms with E-state index in [1.807, 2.05) is 0 Å². The number of hydrogen-bond acceptors (Lipinski definition) is 0. The van der Waals surface area contributed by atoms with Gasteiger partial charge in [-0.05, 0) is 18.3 Å². The first-order chi connectivity index (χ1) is 9.33. The lowest BCUT2D eigenvalue weighted by atomic mass is 9.37. The molecular weight excluding hydrogens is 227 g/mol. The summed E-state index contributed by atoms with van der Waals surface area (Å²) in [5.74, 6) is 0.481. The fraction of sp³-hybridized carbons (Fsp3) is 0.111. The van der Waals surface area contributed by atoms with Crippen molar-refractivity contribution in [3.8, 4) is 0 Å². The topological polar surface area (TPSA) is 0 Å². The maximum atomic E-state index is 4.20. The molecule has 0 bridgehead atoms. The minimum absolute atomic E-state index is 0.404. The smallest absolute Gasteiger partial charge is 0.0956 e. The second kappa shape index (κ2) is 4.93. The van der Waals surface area contributed by atoms with Gasteiger partial charge in [-0.25, -0.2) is 0 Å². The van der Waals surface area contributed by atoms with E-state index < -0.39 is 0 Å². The lowest BCUT2D eigenvalue weighted by Gasteiger charge is -2.13. The van der Waals surface area contributed by atoms with Crippen LogP contribution in [0, 0.1) is 0 Å². The molecule has 92 valence electrons. The highest BCUT2D eigenvalue weighted by molar-refractivity contribution is 6.88. The van der Waals surface area contributed by atoms with E-state index in [0.29, 0.717) is 12.5 Å². The van der Waals surface area contributed by atoms with Crippen LogP contribution in [0.2, 0.25) is 5.82 Å². The normalized spacial score (nSPS) is 19.5. The first-order valence-electron chi connectivity index (χ1n) is 6.78. The number of benzene rings is 2. The molecule has 0 nitrogen and oxygen atoms in total. The fourth-order valence-electron chi connectivity index (χ4n) is 2.95. The molecule has 0 spiro atoms. The molecule has 0 saturated heterocycles. The molecule has 1 fully saturated rings. The number of allylic oxidation sites excluding steroid dienone is 3. The van der Waals surface area contributed by atoms with Gasteiger partial charge in [0.25, 0.3) is 0 Å². The monoisotopic (exact) mass is 244 g/mol. The van der Waals surface area contributed by atoms with Gasteiger partial charge in [-0.15, -0.1) is 0 Å². The molecule has 0 aliphatic heterocycles. The minimum atomic E-state index is 0.404. The lowest BCUT2D eigenvalue weighted by Crippen LogP contribution is -2.42. The van der Waals surface area contributed by atoms with Crippen molar-refractivity contribution in [3.05, 3.63) is 84.5 Å². The molecular formula is C18H17B. The van der Waals surface area contributed by atoms with Crippen LogP contribution in [0.3, 0.4) is 0 Å². The lowest BCUT2D eigenvalue weighted by molar-refractivity contribution is 1.54. The maximum absolute atomic E-state index is 4.20. The zero-order chi connectivity index (χ0) is 13.2. The van der Waals surface area contributed by atoms with Crippen molar-refractivity contribution >= 4 is 17.6 Å². The minimum Gasteiger partial charge on any atom is -0.0956 e. The van der Waals surface area contributed by atoms with Crippen LogP contribution in [-0.4, -0.2) is 6.71 Å². The molecule has 0 N–H and O–H groups in total. The first-order valence-corrected chi connectivity index (χ1v) is 6.78. The Kier molecular flexibility index (Phi) is 3.12. The van der Waals surface area contributed by atoms with Crippen molar-refractivity contribution in [1.29, 1.82) is 0 Å². The van der Waals surface area contributed by atoms with Crippen LogP contribution in [0.1, 0.15) is 6.92 Å². The van der Waals surface area contributed by atoms with Gasteiger partial charge in [-0.3, -0.25) is 0 Å². The summed E-state index contributed by atoms with van der Waals surface area (Å²) in [6.45, 7) is 6.71. The summed E-state index contributed by atoms with van der Waals surface area (Å²) in [6, 6.07) is 21.5. The van der Waals surface area contributed by atoms with Crippen LogP contribution < -0.4 is 10.9 Å². The van der Waals surface area contributed by atoms with Gasteiger partial charge in [0.2, 0.25) is 6.71 Å². The highest BCUT2D eigenvalue weighted by Gasteiger charge is 2.44. The van der Waals surface area contributed by atoms with Crippen LogP contribution in [0.25, 0.3) is 0 Å². The van der Waals surface area contributed by atoms with Gasteiger partial charge < -0.3 is 0 Å². The molecule has 1 saturated carbocycles. The van der Waals surface area contributed by atoms with Crippen LogP contribution in [0.15, 0.2) is 84.5 Å². The third-order valence-corrected chi connectivity index (χ3v) is 3.96. The standard InChI is InChI=1S/C18H17B/c1-3-17-14(2)18(17)19(15-10-6-4-7-11-15)16-12-8-5-9-13-16/h3-13,18H,2H2,1H3/b17-3-. The van der Waals surface area contributed by atoms with Crippen molar-refractivity contribution in [2.75, 3.05) is 0 Å². The molecule has 1 atom stereocenters. The molecule has 2 aromatic carbocycles. The third-order valence-electron chi connectivity index (χ3n) is 3.96. The van der Waals surface area contributed by atoms with E-state index in [2.05, 4.69) is 80.2 Å². The van der Waals surface area contributed by atoms with Crippen LogP contribution in [0.4, 0.5) is 0 Å². The summed E-state index contributed by atoms with van der Waals surface area (Å²) in [5, 5.41) is 0. The van der Waals surface area contributed by atoms with Crippen molar-refractivity contribution in [2.45, 2.75) is 12.7 Å². The molecule has 19 heavy (non-hydrogen) atoms. The zero-order valence-electron chi connectivity index (χ0n) is 11.2. The molecule has 3 rings (SSSR count). The summed E-state index contributed by atoms with van der Waals surface area (Å²) in [5.41, 5.74) is 5.45. The Bertz CT molecular complexity index is 571. The molecule has 2 aromatic rings.